The second-order valence-electron chi connectivity index (χ2n) is 4.51. The van der Waals surface area contributed by atoms with Gasteiger partial charge in [-0.05, 0) is 62.1 Å². The Balaban J connectivity index is 0. The largest absolute Gasteiger partial charge is 0.508 e. The second kappa shape index (κ2) is 10.0. The maximum absolute atomic E-state index is 9.21. The number of para-hydroxylation sites is 1. The Morgan fingerprint density at radius 2 is 1.20 bits per heavy atom. The van der Waals surface area contributed by atoms with Gasteiger partial charge in [0.15, 0.2) is 0 Å². The molecule has 0 aliphatic carbocycles. The van der Waals surface area contributed by atoms with Crippen molar-refractivity contribution in [3.05, 3.63) is 58.7 Å². The van der Waals surface area contributed by atoms with Crippen LogP contribution in [-0.4, -0.2) is 10.2 Å². The van der Waals surface area contributed by atoms with Gasteiger partial charge in [-0.25, -0.2) is 0 Å². The molecule has 0 spiro atoms. The van der Waals surface area contributed by atoms with Gasteiger partial charge < -0.3 is 10.2 Å². The van der Waals surface area contributed by atoms with Gasteiger partial charge in [0.2, 0.25) is 0 Å². The van der Waals surface area contributed by atoms with E-state index >= 15 is 0 Å². The molecule has 0 aromatic heterocycles. The van der Waals surface area contributed by atoms with Crippen molar-refractivity contribution in [2.24, 2.45) is 0 Å². The van der Waals surface area contributed by atoms with Crippen LogP contribution in [0.4, 0.5) is 0 Å². The second-order valence-corrected chi connectivity index (χ2v) is 4.51. The molecule has 0 aliphatic heterocycles. The molecule has 0 atom stereocenters. The maximum Gasteiger partial charge on any atom is 0.121 e. The first kappa shape index (κ1) is 21.5. The minimum absolute atomic E-state index is 0. The molecule has 2 aromatic carbocycles. The van der Waals surface area contributed by atoms with Crippen molar-refractivity contribution in [3.8, 4) is 11.5 Å². The predicted molar refractivity (Wildman–Crippen MR) is 82.4 cm³/mol. The number of aromatic hydroxyl groups is 2. The summed E-state index contributed by atoms with van der Waals surface area (Å²) >= 11 is 0. The fourth-order valence-corrected chi connectivity index (χ4v) is 1.53. The van der Waals surface area contributed by atoms with E-state index in [0.29, 0.717) is 11.5 Å². The average molecular weight is 372 g/mol. The summed E-state index contributed by atoms with van der Waals surface area (Å²) in [7, 11) is 0. The average Bonchev–Trinajstić information content (AvgIpc) is 2.32. The van der Waals surface area contributed by atoms with Crippen LogP contribution in [0, 0.1) is 27.7 Å². The van der Waals surface area contributed by atoms with Gasteiger partial charge in [0.05, 0.1) is 0 Å². The van der Waals surface area contributed by atoms with E-state index in [1.54, 1.807) is 12.1 Å². The van der Waals surface area contributed by atoms with Crippen LogP contribution in [0.1, 0.15) is 22.3 Å². The van der Waals surface area contributed by atoms with Crippen molar-refractivity contribution < 1.29 is 36.4 Å². The van der Waals surface area contributed by atoms with E-state index in [-0.39, 0.29) is 38.6 Å². The zero-order valence-electron chi connectivity index (χ0n) is 12.3. The zero-order valence-corrected chi connectivity index (χ0v) is 15.5. The monoisotopic (exact) mass is 370 g/mol. The van der Waals surface area contributed by atoms with Crippen LogP contribution in [0.2, 0.25) is 0 Å². The van der Waals surface area contributed by atoms with Gasteiger partial charge in [-0.1, -0.05) is 24.3 Å². The predicted octanol–water partition coefficient (Wildman–Crippen LogP) is 4.44. The van der Waals surface area contributed by atoms with Crippen LogP contribution in [0.3, 0.4) is 0 Å². The first-order valence-electron chi connectivity index (χ1n) is 5.93. The molecular formula is C16H21ClO2Zr. The first-order chi connectivity index (χ1) is 8.41. The number of hydrogen-bond acceptors (Lipinski definition) is 2. The summed E-state index contributed by atoms with van der Waals surface area (Å²) in [6.45, 7) is 7.79. The summed E-state index contributed by atoms with van der Waals surface area (Å²) in [5.41, 5.74) is 4.23. The molecule has 0 bridgehead atoms. The third-order valence-corrected chi connectivity index (χ3v) is 2.93. The molecule has 0 fully saturated rings. The van der Waals surface area contributed by atoms with Crippen molar-refractivity contribution in [1.29, 1.82) is 0 Å². The Labute approximate surface area is 146 Å². The van der Waals surface area contributed by atoms with E-state index < -0.39 is 0 Å². The Hall–Kier alpha value is -0.787. The van der Waals surface area contributed by atoms with E-state index in [4.69, 9.17) is 5.11 Å². The van der Waals surface area contributed by atoms with Gasteiger partial charge in [0, 0.05) is 26.2 Å². The Kier molecular flexibility index (Phi) is 10.8. The third-order valence-electron chi connectivity index (χ3n) is 2.93. The number of aryl methyl sites for hydroxylation is 4. The molecule has 4 heteroatoms. The summed E-state index contributed by atoms with van der Waals surface area (Å²) in [6, 6.07) is 11.1. The van der Waals surface area contributed by atoms with Crippen molar-refractivity contribution in [3.63, 3.8) is 0 Å². The van der Waals surface area contributed by atoms with Crippen LogP contribution in [0.5, 0.6) is 11.5 Å². The van der Waals surface area contributed by atoms with Crippen molar-refractivity contribution >= 4 is 12.4 Å². The van der Waals surface area contributed by atoms with Crippen LogP contribution in [-0.2, 0) is 26.2 Å². The van der Waals surface area contributed by atoms with Crippen LogP contribution in [0.25, 0.3) is 0 Å². The molecule has 0 saturated carbocycles. The molecule has 2 aromatic rings. The van der Waals surface area contributed by atoms with Gasteiger partial charge in [-0.2, -0.15) is 0 Å². The molecule has 20 heavy (non-hydrogen) atoms. The summed E-state index contributed by atoms with van der Waals surface area (Å²) in [5, 5.41) is 18.1. The van der Waals surface area contributed by atoms with E-state index in [1.165, 1.54) is 5.56 Å². The summed E-state index contributed by atoms with van der Waals surface area (Å²) in [5.74, 6) is 0.760. The summed E-state index contributed by atoms with van der Waals surface area (Å²) in [6.07, 6.45) is 0. The fourth-order valence-electron chi connectivity index (χ4n) is 1.53. The molecule has 0 unspecified atom stereocenters. The minimum atomic E-state index is 0. The van der Waals surface area contributed by atoms with Gasteiger partial charge in [-0.3, -0.25) is 0 Å². The van der Waals surface area contributed by atoms with E-state index in [1.807, 2.05) is 52.0 Å². The number of phenolic OH excluding ortho intramolecular Hbond substituents is 2. The van der Waals surface area contributed by atoms with Gasteiger partial charge in [-0.15, -0.1) is 12.4 Å². The van der Waals surface area contributed by atoms with E-state index in [2.05, 4.69) is 0 Å². The number of rotatable bonds is 0. The topological polar surface area (TPSA) is 40.5 Å². The third kappa shape index (κ3) is 6.58. The normalized spacial score (nSPS) is 8.60. The number of benzene rings is 2. The van der Waals surface area contributed by atoms with Crippen LogP contribution < -0.4 is 0 Å². The fraction of sp³-hybridized carbons (Fsp3) is 0.250. The molecule has 0 saturated heterocycles. The molecule has 0 aliphatic rings. The van der Waals surface area contributed by atoms with E-state index in [9.17, 15) is 5.11 Å². The SMILES string of the molecule is Cc1ccc(O)cc1C.Cc1cccc(C)c1O.Cl.[Zr]. The first-order valence-corrected chi connectivity index (χ1v) is 5.93. The molecular weight excluding hydrogens is 351 g/mol. The number of hydrogen-bond donors (Lipinski definition) is 2. The molecule has 2 nitrogen and oxygen atoms in total. The van der Waals surface area contributed by atoms with Crippen molar-refractivity contribution in [2.75, 3.05) is 0 Å². The van der Waals surface area contributed by atoms with Crippen molar-refractivity contribution in [1.82, 2.24) is 0 Å². The molecule has 2 N–H and O–H groups in total. The molecule has 0 radical (unpaired) electrons. The van der Waals surface area contributed by atoms with Crippen LogP contribution in [0.15, 0.2) is 36.4 Å². The zero-order chi connectivity index (χ0) is 13.7. The molecule has 0 amide bonds. The number of phenols is 2. The Morgan fingerprint density at radius 1 is 0.700 bits per heavy atom. The number of halogens is 1. The molecule has 108 valence electrons. The van der Waals surface area contributed by atoms with Gasteiger partial charge >= 0.3 is 0 Å². The van der Waals surface area contributed by atoms with Crippen molar-refractivity contribution in [2.45, 2.75) is 27.7 Å². The minimum Gasteiger partial charge on any atom is -0.508 e. The van der Waals surface area contributed by atoms with Gasteiger partial charge in [0.25, 0.3) is 0 Å². The smallest absolute Gasteiger partial charge is 0.121 e. The molecule has 2 rings (SSSR count). The van der Waals surface area contributed by atoms with Gasteiger partial charge in [0.1, 0.15) is 11.5 Å². The quantitative estimate of drug-likeness (QED) is 0.718. The van der Waals surface area contributed by atoms with E-state index in [0.717, 1.165) is 16.7 Å². The Bertz CT molecular complexity index is 522. The molecule has 0 heterocycles. The summed E-state index contributed by atoms with van der Waals surface area (Å²) in [4.78, 5) is 0. The Morgan fingerprint density at radius 3 is 1.55 bits per heavy atom. The standard InChI is InChI=1S/2C8H10O.ClH.Zr/c1-6-3-4-8(9)5-7(6)2;1-6-4-3-5-7(2)8(6)9;;/h2*3-5,9H,1-2H3;1H;. The maximum atomic E-state index is 9.21. The summed E-state index contributed by atoms with van der Waals surface area (Å²) < 4.78 is 0. The van der Waals surface area contributed by atoms with Crippen LogP contribution >= 0.6 is 12.4 Å².